The lowest BCUT2D eigenvalue weighted by Crippen LogP contribution is -2.03. The minimum atomic E-state index is -0.981. The van der Waals surface area contributed by atoms with Gasteiger partial charge in [-0.1, -0.05) is 30.3 Å². The van der Waals surface area contributed by atoms with Crippen LogP contribution >= 0.6 is 0 Å². The molecule has 100 valence electrons. The maximum absolute atomic E-state index is 11.4. The second-order valence-electron chi connectivity index (χ2n) is 4.50. The van der Waals surface area contributed by atoms with Crippen LogP contribution in [0.25, 0.3) is 16.7 Å². The largest absolute Gasteiger partial charge is 0.478 e. The molecule has 0 fully saturated rings. The van der Waals surface area contributed by atoms with Crippen LogP contribution in [0.1, 0.15) is 22.8 Å². The molecule has 5 heteroatoms. The highest BCUT2D eigenvalue weighted by Crippen LogP contribution is 2.21. The number of aromatic nitrogens is 3. The number of aromatic carboxylic acids is 1. The molecule has 1 aromatic heterocycles. The van der Waals surface area contributed by atoms with Gasteiger partial charge in [0.1, 0.15) is 11.0 Å². The quantitative estimate of drug-likeness (QED) is 0.792. The van der Waals surface area contributed by atoms with Crippen LogP contribution < -0.4 is 0 Å². The van der Waals surface area contributed by atoms with Crippen LogP contribution in [-0.2, 0) is 6.42 Å². The van der Waals surface area contributed by atoms with Crippen LogP contribution in [-0.4, -0.2) is 26.1 Å². The Morgan fingerprint density at radius 1 is 1.25 bits per heavy atom. The Morgan fingerprint density at radius 2 is 2.05 bits per heavy atom. The maximum atomic E-state index is 11.4. The summed E-state index contributed by atoms with van der Waals surface area (Å²) in [6, 6.07) is 12.8. The molecule has 5 nitrogen and oxygen atoms in total. The van der Waals surface area contributed by atoms with E-state index in [1.165, 1.54) is 5.56 Å². The molecule has 0 unspecified atom stereocenters. The fourth-order valence-electron chi connectivity index (χ4n) is 2.23. The molecule has 0 bridgehead atoms. The molecule has 0 saturated heterocycles. The first-order chi connectivity index (χ1) is 9.70. The average molecular weight is 267 g/mol. The summed E-state index contributed by atoms with van der Waals surface area (Å²) in [5, 5.41) is 17.4. The minimum Gasteiger partial charge on any atom is -0.478 e. The first-order valence-corrected chi connectivity index (χ1v) is 6.37. The van der Waals surface area contributed by atoms with E-state index in [9.17, 15) is 9.90 Å². The number of fused-ring (bicyclic) bond motifs is 1. The lowest BCUT2D eigenvalue weighted by atomic mass is 10.1. The summed E-state index contributed by atoms with van der Waals surface area (Å²) >= 11 is 0. The molecule has 0 spiro atoms. The summed E-state index contributed by atoms with van der Waals surface area (Å²) < 4.78 is 1.58. The average Bonchev–Trinajstić information content (AvgIpc) is 2.91. The standard InChI is InChI=1S/C15H13N3O2/c1-2-10-5-3-6-11(9-10)18-14-12(15(19)20)7-4-8-13(14)16-17-18/h3-9H,2H2,1H3,(H,19,20). The maximum Gasteiger partial charge on any atom is 0.337 e. The lowest BCUT2D eigenvalue weighted by Gasteiger charge is -2.06. The molecule has 2 aromatic carbocycles. The van der Waals surface area contributed by atoms with Gasteiger partial charge in [0.15, 0.2) is 0 Å². The van der Waals surface area contributed by atoms with Crippen molar-refractivity contribution in [2.24, 2.45) is 0 Å². The molecule has 20 heavy (non-hydrogen) atoms. The van der Waals surface area contributed by atoms with E-state index in [2.05, 4.69) is 17.2 Å². The number of hydrogen-bond acceptors (Lipinski definition) is 3. The number of nitrogens with zero attached hydrogens (tertiary/aromatic N) is 3. The van der Waals surface area contributed by atoms with Crippen molar-refractivity contribution >= 4 is 17.0 Å². The Kier molecular flexibility index (Phi) is 2.95. The zero-order valence-corrected chi connectivity index (χ0v) is 10.9. The smallest absolute Gasteiger partial charge is 0.337 e. The molecule has 3 rings (SSSR count). The van der Waals surface area contributed by atoms with Gasteiger partial charge in [-0.3, -0.25) is 0 Å². The third-order valence-corrected chi connectivity index (χ3v) is 3.26. The second kappa shape index (κ2) is 4.77. The Labute approximate surface area is 115 Å². The number of benzene rings is 2. The fraction of sp³-hybridized carbons (Fsp3) is 0.133. The molecule has 0 aliphatic carbocycles. The Balaban J connectivity index is 2.28. The van der Waals surface area contributed by atoms with Gasteiger partial charge in [-0.05, 0) is 36.2 Å². The predicted molar refractivity (Wildman–Crippen MR) is 75.2 cm³/mol. The third kappa shape index (κ3) is 1.93. The van der Waals surface area contributed by atoms with Crippen molar-refractivity contribution < 1.29 is 9.90 Å². The SMILES string of the molecule is CCc1cccc(-n2nnc3cccc(C(=O)O)c32)c1. The molecular weight excluding hydrogens is 254 g/mol. The number of carbonyl (C=O) groups is 1. The van der Waals surface area contributed by atoms with E-state index in [1.807, 2.05) is 24.3 Å². The monoisotopic (exact) mass is 267 g/mol. The topological polar surface area (TPSA) is 68.0 Å². The Hall–Kier alpha value is -2.69. The van der Waals surface area contributed by atoms with Crippen LogP contribution in [0.4, 0.5) is 0 Å². The van der Waals surface area contributed by atoms with Crippen molar-refractivity contribution in [3.63, 3.8) is 0 Å². The second-order valence-corrected chi connectivity index (χ2v) is 4.50. The van der Waals surface area contributed by atoms with Crippen molar-refractivity contribution in [2.45, 2.75) is 13.3 Å². The highest BCUT2D eigenvalue weighted by atomic mass is 16.4. The van der Waals surface area contributed by atoms with Gasteiger partial charge in [0.25, 0.3) is 0 Å². The van der Waals surface area contributed by atoms with Crippen LogP contribution in [0.15, 0.2) is 42.5 Å². The van der Waals surface area contributed by atoms with Crippen molar-refractivity contribution in [3.8, 4) is 5.69 Å². The molecule has 3 aromatic rings. The van der Waals surface area contributed by atoms with E-state index in [-0.39, 0.29) is 5.56 Å². The lowest BCUT2D eigenvalue weighted by molar-refractivity contribution is 0.0698. The normalized spacial score (nSPS) is 10.8. The van der Waals surface area contributed by atoms with Crippen LogP contribution in [0.2, 0.25) is 0 Å². The van der Waals surface area contributed by atoms with Gasteiger partial charge in [-0.2, -0.15) is 0 Å². The highest BCUT2D eigenvalue weighted by Gasteiger charge is 2.15. The predicted octanol–water partition coefficient (Wildman–Crippen LogP) is 2.68. The van der Waals surface area contributed by atoms with E-state index in [4.69, 9.17) is 0 Å². The first kappa shape index (κ1) is 12.3. The number of rotatable bonds is 3. The molecule has 1 N–H and O–H groups in total. The molecule has 0 aliphatic rings. The van der Waals surface area contributed by atoms with Crippen molar-refractivity contribution in [3.05, 3.63) is 53.6 Å². The van der Waals surface area contributed by atoms with Gasteiger partial charge in [0, 0.05) is 0 Å². The van der Waals surface area contributed by atoms with E-state index in [0.717, 1.165) is 12.1 Å². The first-order valence-electron chi connectivity index (χ1n) is 6.37. The van der Waals surface area contributed by atoms with Crippen molar-refractivity contribution in [1.82, 2.24) is 15.0 Å². The number of carboxylic acid groups (broad SMARTS) is 1. The zero-order valence-electron chi connectivity index (χ0n) is 10.9. The van der Waals surface area contributed by atoms with Crippen LogP contribution in [0.3, 0.4) is 0 Å². The van der Waals surface area contributed by atoms with Gasteiger partial charge in [0.2, 0.25) is 0 Å². The summed E-state index contributed by atoms with van der Waals surface area (Å²) in [5.74, 6) is -0.981. The van der Waals surface area contributed by atoms with E-state index < -0.39 is 5.97 Å². The van der Waals surface area contributed by atoms with Crippen molar-refractivity contribution in [1.29, 1.82) is 0 Å². The van der Waals surface area contributed by atoms with Gasteiger partial charge in [-0.25, -0.2) is 9.48 Å². The van der Waals surface area contributed by atoms with E-state index in [1.54, 1.807) is 22.9 Å². The Morgan fingerprint density at radius 3 is 2.80 bits per heavy atom. The molecule has 0 amide bonds. The highest BCUT2D eigenvalue weighted by molar-refractivity contribution is 6.01. The van der Waals surface area contributed by atoms with Crippen LogP contribution in [0.5, 0.6) is 0 Å². The summed E-state index contributed by atoms with van der Waals surface area (Å²) in [7, 11) is 0. The summed E-state index contributed by atoms with van der Waals surface area (Å²) in [6.45, 7) is 2.07. The van der Waals surface area contributed by atoms with E-state index >= 15 is 0 Å². The molecule has 0 atom stereocenters. The molecule has 0 radical (unpaired) electrons. The zero-order chi connectivity index (χ0) is 14.1. The number of para-hydroxylation sites is 1. The van der Waals surface area contributed by atoms with Gasteiger partial charge in [-0.15, -0.1) is 5.10 Å². The fourth-order valence-corrected chi connectivity index (χ4v) is 2.23. The van der Waals surface area contributed by atoms with E-state index in [0.29, 0.717) is 11.0 Å². The Bertz CT molecular complexity index is 793. The summed E-state index contributed by atoms with van der Waals surface area (Å²) in [6.07, 6.45) is 0.909. The van der Waals surface area contributed by atoms with Gasteiger partial charge >= 0.3 is 5.97 Å². The van der Waals surface area contributed by atoms with Crippen molar-refractivity contribution in [2.75, 3.05) is 0 Å². The number of hydrogen-bond donors (Lipinski definition) is 1. The molecule has 0 aliphatic heterocycles. The third-order valence-electron chi connectivity index (χ3n) is 3.26. The summed E-state index contributed by atoms with van der Waals surface area (Å²) in [4.78, 5) is 11.4. The number of carboxylic acids is 1. The van der Waals surface area contributed by atoms with Gasteiger partial charge < -0.3 is 5.11 Å². The molecular formula is C15H13N3O2. The summed E-state index contributed by atoms with van der Waals surface area (Å²) in [5.41, 5.74) is 3.29. The minimum absolute atomic E-state index is 0.203. The van der Waals surface area contributed by atoms with Crippen LogP contribution in [0, 0.1) is 0 Å². The van der Waals surface area contributed by atoms with Gasteiger partial charge in [0.05, 0.1) is 11.3 Å². The molecule has 1 heterocycles. The number of aryl methyl sites for hydroxylation is 1. The molecule has 0 saturated carbocycles.